The largest absolute Gasteiger partial charge is 0.478 e. The van der Waals surface area contributed by atoms with Crippen LogP contribution in [0, 0.1) is 0 Å². The lowest BCUT2D eigenvalue weighted by atomic mass is 9.94. The summed E-state index contributed by atoms with van der Waals surface area (Å²) in [6.07, 6.45) is 4.46. The fourth-order valence-electron chi connectivity index (χ4n) is 4.40. The number of carbonyl (C=O) groups is 1. The van der Waals surface area contributed by atoms with Gasteiger partial charge >= 0.3 is 5.97 Å². The number of anilines is 1. The smallest absolute Gasteiger partial charge is 0.332 e. The van der Waals surface area contributed by atoms with Crippen molar-refractivity contribution in [3.8, 4) is 0 Å². The Hall–Kier alpha value is -1.98. The molecule has 1 saturated heterocycles. The monoisotopic (exact) mass is 483 g/mol. The molecule has 1 heterocycles. The van der Waals surface area contributed by atoms with Crippen LogP contribution in [0.5, 0.6) is 0 Å². The van der Waals surface area contributed by atoms with Gasteiger partial charge in [-0.3, -0.25) is 4.72 Å². The van der Waals surface area contributed by atoms with E-state index < -0.39 is 52.5 Å². The SMILES string of the molecule is CCCCCCc1ccccc1NS(=O)(=O)C1CCC2(C=C1C(=O)O)OC(CO)C(CO)O2. The maximum absolute atomic E-state index is 13.3. The molecule has 3 rings (SSSR count). The first kappa shape index (κ1) is 25.6. The highest BCUT2D eigenvalue weighted by molar-refractivity contribution is 7.93. The van der Waals surface area contributed by atoms with E-state index in [1.54, 1.807) is 12.1 Å². The number of hydrogen-bond acceptors (Lipinski definition) is 7. The number of aliphatic hydroxyl groups excluding tert-OH is 2. The lowest BCUT2D eigenvalue weighted by molar-refractivity contribution is -0.153. The van der Waals surface area contributed by atoms with E-state index in [9.17, 15) is 28.5 Å². The fourth-order valence-corrected chi connectivity index (χ4v) is 5.98. The molecule has 1 fully saturated rings. The molecule has 10 heteroatoms. The van der Waals surface area contributed by atoms with Gasteiger partial charge in [0.25, 0.3) is 0 Å². The van der Waals surface area contributed by atoms with Crippen molar-refractivity contribution in [1.29, 1.82) is 0 Å². The Bertz CT molecular complexity index is 949. The highest BCUT2D eigenvalue weighted by atomic mass is 32.2. The lowest BCUT2D eigenvalue weighted by Crippen LogP contribution is -2.42. The van der Waals surface area contributed by atoms with Crippen LogP contribution in [0.25, 0.3) is 0 Å². The van der Waals surface area contributed by atoms with Gasteiger partial charge in [0.05, 0.1) is 24.5 Å². The van der Waals surface area contributed by atoms with E-state index in [0.29, 0.717) is 5.69 Å². The molecule has 0 amide bonds. The van der Waals surface area contributed by atoms with Crippen LogP contribution < -0.4 is 4.72 Å². The van der Waals surface area contributed by atoms with Crippen molar-refractivity contribution >= 4 is 21.7 Å². The number of unbranched alkanes of at least 4 members (excludes halogenated alkanes) is 3. The number of aliphatic hydroxyl groups is 2. The number of ether oxygens (including phenoxy) is 2. The summed E-state index contributed by atoms with van der Waals surface area (Å²) in [5.41, 5.74) is 0.960. The molecule has 0 bridgehead atoms. The first-order valence-corrected chi connectivity index (χ1v) is 12.9. The number of hydrogen-bond donors (Lipinski definition) is 4. The summed E-state index contributed by atoms with van der Waals surface area (Å²) in [6, 6.07) is 7.14. The van der Waals surface area contributed by atoms with Gasteiger partial charge in [-0.1, -0.05) is 44.4 Å². The Balaban J connectivity index is 1.82. The molecule has 33 heavy (non-hydrogen) atoms. The number of aliphatic carboxylic acids is 1. The summed E-state index contributed by atoms with van der Waals surface area (Å²) >= 11 is 0. The van der Waals surface area contributed by atoms with Gasteiger partial charge in [0, 0.05) is 6.42 Å². The summed E-state index contributed by atoms with van der Waals surface area (Å²) in [4.78, 5) is 12.0. The van der Waals surface area contributed by atoms with Crippen LogP contribution in [0.4, 0.5) is 5.69 Å². The minimum Gasteiger partial charge on any atom is -0.478 e. The topological polar surface area (TPSA) is 142 Å². The second-order valence-corrected chi connectivity index (χ2v) is 10.4. The van der Waals surface area contributed by atoms with Crippen LogP contribution in [-0.4, -0.2) is 66.2 Å². The third kappa shape index (κ3) is 5.93. The van der Waals surface area contributed by atoms with Crippen molar-refractivity contribution < 1.29 is 38.0 Å². The van der Waals surface area contributed by atoms with Crippen LogP contribution in [0.15, 0.2) is 35.9 Å². The van der Waals surface area contributed by atoms with Crippen molar-refractivity contribution in [3.63, 3.8) is 0 Å². The van der Waals surface area contributed by atoms with E-state index in [4.69, 9.17) is 9.47 Å². The van der Waals surface area contributed by atoms with Crippen LogP contribution >= 0.6 is 0 Å². The predicted molar refractivity (Wildman–Crippen MR) is 122 cm³/mol. The van der Waals surface area contributed by atoms with Gasteiger partial charge in [-0.2, -0.15) is 0 Å². The van der Waals surface area contributed by atoms with Crippen molar-refractivity contribution in [2.75, 3.05) is 17.9 Å². The molecule has 0 radical (unpaired) electrons. The zero-order valence-electron chi connectivity index (χ0n) is 18.8. The number of para-hydroxylation sites is 1. The Morgan fingerprint density at radius 2 is 1.79 bits per heavy atom. The van der Waals surface area contributed by atoms with Crippen molar-refractivity contribution in [1.82, 2.24) is 0 Å². The fraction of sp³-hybridized carbons (Fsp3) is 0.609. The number of rotatable bonds is 11. The maximum Gasteiger partial charge on any atom is 0.332 e. The average Bonchev–Trinajstić information content (AvgIpc) is 3.14. The van der Waals surface area contributed by atoms with E-state index in [-0.39, 0.29) is 18.4 Å². The standard InChI is InChI=1S/C23H33NO8S/c1-2-3-4-5-8-16-9-6-7-10-18(16)24-33(29,30)21-11-12-23(13-17(21)22(27)28)31-19(14-25)20(15-26)32-23/h6-7,9-10,13,19-21,24-26H,2-5,8,11-12,14-15H2,1H3,(H,27,28). The Labute approximate surface area is 194 Å². The average molecular weight is 484 g/mol. The van der Waals surface area contributed by atoms with E-state index in [1.165, 1.54) is 0 Å². The first-order valence-electron chi connectivity index (χ1n) is 11.4. The molecule has 184 valence electrons. The summed E-state index contributed by atoms with van der Waals surface area (Å²) in [6.45, 7) is 1.29. The Morgan fingerprint density at radius 3 is 2.39 bits per heavy atom. The summed E-state index contributed by atoms with van der Waals surface area (Å²) in [5.74, 6) is -2.88. The van der Waals surface area contributed by atoms with Crippen LogP contribution in [0.1, 0.15) is 51.0 Å². The normalized spacial score (nSPS) is 27.5. The number of sulfonamides is 1. The molecule has 3 atom stereocenters. The first-order chi connectivity index (χ1) is 15.7. The summed E-state index contributed by atoms with van der Waals surface area (Å²) < 4.78 is 40.5. The van der Waals surface area contributed by atoms with Gasteiger partial charge in [0.1, 0.15) is 17.5 Å². The third-order valence-electron chi connectivity index (χ3n) is 6.14. The van der Waals surface area contributed by atoms with Gasteiger partial charge in [0.15, 0.2) is 5.79 Å². The number of carboxylic acid groups (broad SMARTS) is 1. The minimum atomic E-state index is -4.08. The van der Waals surface area contributed by atoms with E-state index in [1.807, 2.05) is 12.1 Å². The van der Waals surface area contributed by atoms with Crippen molar-refractivity contribution in [2.24, 2.45) is 0 Å². The molecular formula is C23H33NO8S. The third-order valence-corrected chi connectivity index (χ3v) is 7.89. The van der Waals surface area contributed by atoms with E-state index in [2.05, 4.69) is 11.6 Å². The van der Waals surface area contributed by atoms with Crippen LogP contribution in [0.3, 0.4) is 0 Å². The van der Waals surface area contributed by atoms with Crippen LogP contribution in [0.2, 0.25) is 0 Å². The molecule has 4 N–H and O–H groups in total. The maximum atomic E-state index is 13.3. The van der Waals surface area contributed by atoms with Gasteiger partial charge in [-0.05, 0) is 37.0 Å². The highest BCUT2D eigenvalue weighted by Crippen LogP contribution is 2.41. The summed E-state index contributed by atoms with van der Waals surface area (Å²) in [7, 11) is -4.08. The van der Waals surface area contributed by atoms with E-state index in [0.717, 1.165) is 43.7 Å². The number of benzene rings is 1. The van der Waals surface area contributed by atoms with Crippen molar-refractivity contribution in [3.05, 3.63) is 41.5 Å². The molecule has 1 aliphatic heterocycles. The van der Waals surface area contributed by atoms with Gasteiger partial charge < -0.3 is 24.8 Å². The molecule has 9 nitrogen and oxygen atoms in total. The number of aryl methyl sites for hydroxylation is 1. The van der Waals surface area contributed by atoms with Gasteiger partial charge in [-0.15, -0.1) is 0 Å². The predicted octanol–water partition coefficient (Wildman–Crippen LogP) is 2.19. The molecule has 1 aliphatic carbocycles. The molecule has 1 spiro atoms. The Kier molecular flexibility index (Phi) is 8.52. The van der Waals surface area contributed by atoms with E-state index >= 15 is 0 Å². The molecule has 3 unspecified atom stereocenters. The number of carboxylic acids is 1. The molecule has 2 aliphatic rings. The second kappa shape index (κ2) is 11.0. The molecular weight excluding hydrogens is 450 g/mol. The zero-order valence-corrected chi connectivity index (χ0v) is 19.6. The summed E-state index contributed by atoms with van der Waals surface area (Å²) in [5, 5.41) is 27.4. The molecule has 0 saturated carbocycles. The minimum absolute atomic E-state index is 0.0531. The van der Waals surface area contributed by atoms with Crippen molar-refractivity contribution in [2.45, 2.75) is 75.1 Å². The van der Waals surface area contributed by atoms with Gasteiger partial charge in [-0.25, -0.2) is 13.2 Å². The van der Waals surface area contributed by atoms with Crippen LogP contribution in [-0.2, 0) is 30.7 Å². The second-order valence-electron chi connectivity index (χ2n) is 8.54. The molecule has 1 aromatic rings. The highest BCUT2D eigenvalue weighted by Gasteiger charge is 2.51. The zero-order chi connectivity index (χ0) is 24.1. The van der Waals surface area contributed by atoms with Gasteiger partial charge in [0.2, 0.25) is 10.0 Å². The molecule has 1 aromatic carbocycles. The quantitative estimate of drug-likeness (QED) is 0.351. The molecule has 0 aromatic heterocycles. The Morgan fingerprint density at radius 1 is 1.12 bits per heavy atom. The lowest BCUT2D eigenvalue weighted by Gasteiger charge is -2.33. The number of nitrogens with one attached hydrogen (secondary N) is 1.